The quantitative estimate of drug-likeness (QED) is 0.0611. The molecule has 0 aromatic heterocycles. The maximum Gasteiger partial charge on any atom is 0.573 e. The van der Waals surface area contributed by atoms with Gasteiger partial charge in [0.2, 0.25) is 0 Å². The van der Waals surface area contributed by atoms with Crippen LogP contribution in [0, 0.1) is 5.41 Å². The summed E-state index contributed by atoms with van der Waals surface area (Å²) in [6, 6.07) is 15.6. The molecule has 4 aromatic carbocycles. The summed E-state index contributed by atoms with van der Waals surface area (Å²) in [4.78, 5) is 11.2. The summed E-state index contributed by atoms with van der Waals surface area (Å²) in [6.45, 7) is 29.0. The van der Waals surface area contributed by atoms with Crippen molar-refractivity contribution < 1.29 is 104 Å². The second-order valence-electron chi connectivity index (χ2n) is 25.4. The molecule has 0 radical (unpaired) electrons. The van der Waals surface area contributed by atoms with Crippen molar-refractivity contribution in [3.63, 3.8) is 0 Å². The van der Waals surface area contributed by atoms with Crippen molar-refractivity contribution in [1.29, 1.82) is 0 Å². The highest BCUT2D eigenvalue weighted by molar-refractivity contribution is 5.81. The molecule has 0 aliphatic rings. The number of benzene rings is 4. The van der Waals surface area contributed by atoms with Gasteiger partial charge in [0.25, 0.3) is 5.92 Å². The molecule has 0 atom stereocenters. The average Bonchev–Trinajstić information content (AvgIpc) is 1.47. The van der Waals surface area contributed by atoms with Crippen molar-refractivity contribution in [3.05, 3.63) is 95.1 Å². The first-order valence-electron chi connectivity index (χ1n) is 26.9. The maximum absolute atomic E-state index is 13.2. The van der Waals surface area contributed by atoms with Crippen LogP contribution in [0.4, 0.5) is 61.5 Å². The van der Waals surface area contributed by atoms with E-state index in [9.17, 15) is 66.3 Å². The molecule has 0 unspecified atom stereocenters. The lowest BCUT2D eigenvalue weighted by Gasteiger charge is -2.27. The number of ketones is 1. The third-order valence-corrected chi connectivity index (χ3v) is 11.5. The zero-order valence-electron chi connectivity index (χ0n) is 51.9. The van der Waals surface area contributed by atoms with Crippen LogP contribution in [-0.4, -0.2) is 88.8 Å². The number of Topliss-reactive ketones (excluding diaryl/α,β-unsaturated/α-hetero) is 1. The van der Waals surface area contributed by atoms with E-state index in [2.05, 4.69) is 18.9 Å². The summed E-state index contributed by atoms with van der Waals surface area (Å²) < 4.78 is 211. The van der Waals surface area contributed by atoms with E-state index in [1.807, 2.05) is 90.0 Å². The first-order chi connectivity index (χ1) is 39.0. The Hall–Kier alpha value is -6.19. The largest absolute Gasteiger partial charge is 0.573 e. The molecule has 496 valence electrons. The van der Waals surface area contributed by atoms with Crippen LogP contribution >= 0.6 is 0 Å². The Bertz CT molecular complexity index is 2680. The summed E-state index contributed by atoms with van der Waals surface area (Å²) in [5, 5.41) is 0. The van der Waals surface area contributed by atoms with Crippen molar-refractivity contribution in [1.82, 2.24) is 0 Å². The maximum atomic E-state index is 13.2. The minimum absolute atomic E-state index is 0.0950. The van der Waals surface area contributed by atoms with Gasteiger partial charge in [-0.2, -0.15) is 0 Å². The predicted octanol–water partition coefficient (Wildman–Crippen LogP) is 15.3. The van der Waals surface area contributed by atoms with Gasteiger partial charge >= 0.3 is 25.4 Å². The van der Waals surface area contributed by atoms with E-state index in [0.717, 1.165) is 29.3 Å². The molecular formula is C60H84F14N4O9. The summed E-state index contributed by atoms with van der Waals surface area (Å²) in [6.07, 6.45) is -18.5. The number of alkyl halides is 14. The van der Waals surface area contributed by atoms with Crippen LogP contribution < -0.4 is 60.8 Å². The van der Waals surface area contributed by atoms with E-state index < -0.39 is 67.0 Å². The van der Waals surface area contributed by atoms with Crippen molar-refractivity contribution in [3.8, 4) is 46.0 Å². The van der Waals surface area contributed by atoms with Crippen LogP contribution in [0.3, 0.4) is 0 Å². The Morgan fingerprint density at radius 3 is 0.908 bits per heavy atom. The normalized spacial score (nSPS) is 12.9. The summed E-state index contributed by atoms with van der Waals surface area (Å²) in [7, 11) is 0. The van der Waals surface area contributed by atoms with Crippen LogP contribution in [-0.2, 0) is 26.5 Å². The second kappa shape index (κ2) is 30.8. The van der Waals surface area contributed by atoms with E-state index >= 15 is 0 Å². The van der Waals surface area contributed by atoms with Crippen molar-refractivity contribution >= 4 is 5.78 Å². The lowest BCUT2D eigenvalue weighted by molar-refractivity contribution is -0.275. The number of ether oxygens (including phenoxy) is 8. The standard InChI is InChI=1S/2C16H24F3NO2.C14H18F5NO2.C14H18F3NO3/c1-14(2,3)12-7-6-11(22-16(17,18)19)8-13(12)21-10-15(4,5)9-20;1-14(2,3)12-7-6-11(22-16(17,18)19)10-13(12)21-9-8-15(4,5)20;1-12(2,3)10-5-4-9(22-14(17,18)19)6-11(10)21-8-13(15,16)7-20;1-13(2,3)11-5-4-10(21-14(15,16)17)6-12(11)20-8-9(19)7-18/h6-8H,9-10,20H2,1-5H3;6-7,10H,8-9,20H2,1-5H3;4-6H,7-8,20H2,1-3H3;4-6H,7-8,18H2,1-3H3. The molecule has 87 heavy (non-hydrogen) atoms. The monoisotopic (exact) mass is 1270 g/mol. The van der Waals surface area contributed by atoms with Gasteiger partial charge in [-0.05, 0) is 88.4 Å². The Morgan fingerprint density at radius 1 is 0.391 bits per heavy atom. The number of hydrogen-bond donors (Lipinski definition) is 4. The fraction of sp³-hybridized carbons (Fsp3) is 0.583. The molecule has 27 heteroatoms. The van der Waals surface area contributed by atoms with Gasteiger partial charge < -0.3 is 60.8 Å². The Balaban J connectivity index is 0.000000580. The van der Waals surface area contributed by atoms with E-state index in [-0.39, 0.29) is 63.6 Å². The van der Waals surface area contributed by atoms with Gasteiger partial charge in [0, 0.05) is 41.8 Å². The Kier molecular flexibility index (Phi) is 27.9. The number of nitrogens with two attached hydrogens (primary N) is 4. The molecule has 4 rings (SSSR count). The number of hydrogen-bond acceptors (Lipinski definition) is 13. The molecule has 0 aliphatic carbocycles. The van der Waals surface area contributed by atoms with Gasteiger partial charge in [-0.15, -0.1) is 52.7 Å². The molecule has 0 saturated heterocycles. The minimum atomic E-state index is -4.87. The third-order valence-electron chi connectivity index (χ3n) is 11.5. The van der Waals surface area contributed by atoms with Crippen LogP contribution in [0.1, 0.15) is 139 Å². The zero-order chi connectivity index (χ0) is 67.8. The molecule has 0 spiro atoms. The van der Waals surface area contributed by atoms with E-state index in [0.29, 0.717) is 48.8 Å². The van der Waals surface area contributed by atoms with Gasteiger partial charge in [-0.3, -0.25) is 4.79 Å². The number of halogens is 14. The molecular weight excluding hydrogens is 1190 g/mol. The molecule has 0 saturated carbocycles. The van der Waals surface area contributed by atoms with Crippen LogP contribution in [0.5, 0.6) is 46.0 Å². The Labute approximate surface area is 500 Å². The zero-order valence-corrected chi connectivity index (χ0v) is 51.9. The van der Waals surface area contributed by atoms with Crippen molar-refractivity contribution in [2.75, 3.05) is 46.1 Å². The smallest absolute Gasteiger partial charge is 0.493 e. The van der Waals surface area contributed by atoms with Crippen LogP contribution in [0.15, 0.2) is 72.8 Å². The lowest BCUT2D eigenvalue weighted by Crippen LogP contribution is -2.34. The number of rotatable bonds is 20. The number of carbonyl (C=O) groups is 1. The molecule has 0 heterocycles. The SMILES string of the molecule is CC(C)(C)c1ccc(OC(F)(F)F)cc1OCC(=O)CN.CC(C)(C)c1ccc(OC(F)(F)F)cc1OCC(F)(F)CN.CC(C)(CN)COc1cc(OC(F)(F)F)ccc1C(C)(C)C.CC(C)(N)CCOc1cc(OC(F)(F)F)ccc1C(C)(C)C. The Morgan fingerprint density at radius 2 is 0.667 bits per heavy atom. The predicted molar refractivity (Wildman–Crippen MR) is 303 cm³/mol. The first kappa shape index (κ1) is 78.8. The van der Waals surface area contributed by atoms with Gasteiger partial charge in [0.15, 0.2) is 12.4 Å². The van der Waals surface area contributed by atoms with E-state index in [1.165, 1.54) is 42.5 Å². The lowest BCUT2D eigenvalue weighted by atomic mass is 9.86. The molecule has 0 aliphatic heterocycles. The van der Waals surface area contributed by atoms with Gasteiger partial charge in [0.05, 0.1) is 26.3 Å². The molecule has 4 aromatic rings. The molecule has 0 amide bonds. The van der Waals surface area contributed by atoms with Crippen molar-refractivity contribution in [2.24, 2.45) is 28.3 Å². The fourth-order valence-electron chi connectivity index (χ4n) is 6.97. The van der Waals surface area contributed by atoms with Crippen molar-refractivity contribution in [2.45, 2.75) is 176 Å². The topological polar surface area (TPSA) is 195 Å². The second-order valence-corrected chi connectivity index (χ2v) is 25.4. The summed E-state index contributed by atoms with van der Waals surface area (Å²) in [5.41, 5.74) is 22.3. The highest BCUT2D eigenvalue weighted by Crippen LogP contribution is 2.41. The van der Waals surface area contributed by atoms with Gasteiger partial charge in [0.1, 0.15) is 52.6 Å². The van der Waals surface area contributed by atoms with Gasteiger partial charge in [-0.1, -0.05) is 121 Å². The van der Waals surface area contributed by atoms with Gasteiger partial charge in [-0.25, -0.2) is 8.78 Å². The molecule has 0 bridgehead atoms. The first-order valence-corrected chi connectivity index (χ1v) is 26.9. The summed E-state index contributed by atoms with van der Waals surface area (Å²) in [5.74, 6) is -4.28. The fourth-order valence-corrected chi connectivity index (χ4v) is 6.97. The van der Waals surface area contributed by atoms with E-state index in [4.69, 9.17) is 41.9 Å². The highest BCUT2D eigenvalue weighted by Gasteiger charge is 2.36. The third kappa shape index (κ3) is 32.6. The van der Waals surface area contributed by atoms with Crippen LogP contribution in [0.2, 0.25) is 0 Å². The molecule has 8 N–H and O–H groups in total. The number of carbonyl (C=O) groups excluding carboxylic acids is 1. The molecule has 0 fully saturated rings. The minimum Gasteiger partial charge on any atom is -0.493 e. The highest BCUT2D eigenvalue weighted by atomic mass is 19.4. The van der Waals surface area contributed by atoms with E-state index in [1.54, 1.807) is 32.9 Å². The molecule has 13 nitrogen and oxygen atoms in total. The summed E-state index contributed by atoms with van der Waals surface area (Å²) >= 11 is 0. The average molecular weight is 1270 g/mol. The van der Waals surface area contributed by atoms with Crippen LogP contribution in [0.25, 0.3) is 0 Å².